The van der Waals surface area contributed by atoms with Crippen LogP contribution in [0.3, 0.4) is 0 Å². The van der Waals surface area contributed by atoms with E-state index >= 15 is 0 Å². The maximum atomic E-state index is 5.33. The molecule has 2 aromatic rings. The molecule has 2 heterocycles. The molecule has 0 saturated carbocycles. The monoisotopic (exact) mass is 765 g/mol. The molecule has 9 heteroatoms. The molecule has 2 aliphatic rings. The van der Waals surface area contributed by atoms with E-state index < -0.39 is 17.9 Å². The maximum absolute atomic E-state index is 5.33. The average Bonchev–Trinajstić information content (AvgIpc) is 3.80. The molecule has 0 unspecified atom stereocenters. The van der Waals surface area contributed by atoms with Gasteiger partial charge in [0.05, 0.1) is 0 Å². The van der Waals surface area contributed by atoms with Crippen molar-refractivity contribution >= 4 is 72.9 Å². The molecule has 0 aliphatic carbocycles. The number of benzene rings is 2. The second-order valence-corrected chi connectivity index (χ2v) is 21.3. The predicted octanol–water partition coefficient (Wildman–Crippen LogP) is 11.8. The SMILES string of the molecule is C1CCOC1.C1CCOC1.CC(C)c1cccc(C(C)C)c1N=C(CCCN(C)C)[N-]c1c(C(C)C)cccc1C(C)C.C[SiH](C)[N-][SiH](C)C.[Ca+2]. The first-order valence-corrected chi connectivity index (χ1v) is 25.4. The molecule has 0 N–H and O–H groups in total. The molecule has 51 heavy (non-hydrogen) atoms. The Morgan fingerprint density at radius 1 is 0.667 bits per heavy atom. The molecule has 4 rings (SSSR count). The summed E-state index contributed by atoms with van der Waals surface area (Å²) < 4.78 is 14.4. The normalized spacial score (nSPS) is 14.4. The van der Waals surface area contributed by atoms with Gasteiger partial charge in [-0.3, -0.25) is 0 Å². The Kier molecular flexibility index (Phi) is 28.5. The molecule has 2 fully saturated rings. The Balaban J connectivity index is 0.00000112. The van der Waals surface area contributed by atoms with Crippen LogP contribution in [0.25, 0.3) is 9.96 Å². The van der Waals surface area contributed by atoms with Crippen molar-refractivity contribution in [3.8, 4) is 0 Å². The van der Waals surface area contributed by atoms with Gasteiger partial charge in [0.2, 0.25) is 0 Å². The van der Waals surface area contributed by atoms with Gasteiger partial charge in [-0.05, 0) is 116 Å². The third kappa shape index (κ3) is 21.8. The minimum Gasteiger partial charge on any atom is -0.672 e. The van der Waals surface area contributed by atoms with Crippen LogP contribution in [-0.2, 0) is 9.47 Å². The zero-order chi connectivity index (χ0) is 37.6. The van der Waals surface area contributed by atoms with Crippen LogP contribution < -0.4 is 0 Å². The van der Waals surface area contributed by atoms with E-state index in [1.165, 1.54) is 47.9 Å². The van der Waals surface area contributed by atoms with Crippen molar-refractivity contribution in [2.75, 3.05) is 47.1 Å². The predicted molar refractivity (Wildman–Crippen MR) is 234 cm³/mol. The van der Waals surface area contributed by atoms with Crippen LogP contribution in [0.4, 0.5) is 11.4 Å². The van der Waals surface area contributed by atoms with E-state index in [0.717, 1.165) is 63.0 Å². The van der Waals surface area contributed by atoms with E-state index in [0.29, 0.717) is 23.7 Å². The molecule has 0 spiro atoms. The Morgan fingerprint density at radius 3 is 1.31 bits per heavy atom. The quantitative estimate of drug-likeness (QED) is 0.123. The number of para-hydroxylation sites is 2. The minimum absolute atomic E-state index is 0. The first-order chi connectivity index (χ1) is 23.6. The third-order valence-electron chi connectivity index (χ3n) is 8.42. The Morgan fingerprint density at radius 2 is 1.04 bits per heavy atom. The van der Waals surface area contributed by atoms with Crippen molar-refractivity contribution in [2.45, 2.75) is 144 Å². The summed E-state index contributed by atoms with van der Waals surface area (Å²) in [5.41, 5.74) is 7.48. The van der Waals surface area contributed by atoms with E-state index in [1.807, 2.05) is 0 Å². The van der Waals surface area contributed by atoms with Gasteiger partial charge in [-0.25, -0.2) is 0 Å². The van der Waals surface area contributed by atoms with Crippen LogP contribution in [0.15, 0.2) is 41.4 Å². The van der Waals surface area contributed by atoms with Gasteiger partial charge in [-0.1, -0.05) is 142 Å². The second kappa shape index (κ2) is 28.8. The summed E-state index contributed by atoms with van der Waals surface area (Å²) in [6, 6.07) is 13.3. The summed E-state index contributed by atoms with van der Waals surface area (Å²) in [6.45, 7) is 32.2. The van der Waals surface area contributed by atoms with E-state index in [4.69, 9.17) is 19.8 Å². The summed E-state index contributed by atoms with van der Waals surface area (Å²) >= 11 is 0. The molecule has 2 aromatic carbocycles. The Hall–Kier alpha value is -0.556. The fourth-order valence-electron chi connectivity index (χ4n) is 5.85. The van der Waals surface area contributed by atoms with E-state index in [2.05, 4.69) is 142 Å². The number of rotatable bonds is 12. The van der Waals surface area contributed by atoms with Crippen molar-refractivity contribution in [1.29, 1.82) is 0 Å². The van der Waals surface area contributed by atoms with Gasteiger partial charge in [0.1, 0.15) is 0 Å². The van der Waals surface area contributed by atoms with Gasteiger partial charge in [0.25, 0.3) is 0 Å². The Labute approximate surface area is 349 Å². The molecular formula is C42H76CaN4O2Si2. The molecular weight excluding hydrogens is 689 g/mol. The van der Waals surface area contributed by atoms with Crippen LogP contribution >= 0.6 is 0 Å². The van der Waals surface area contributed by atoms with Crippen LogP contribution in [0, 0.1) is 0 Å². The Bertz CT molecular complexity index is 1130. The summed E-state index contributed by atoms with van der Waals surface area (Å²) in [6.07, 6.45) is 7.02. The molecule has 0 radical (unpaired) electrons. The third-order valence-corrected chi connectivity index (χ3v) is 13.2. The minimum atomic E-state index is -0.542. The fourth-order valence-corrected chi connectivity index (χ4v) is 10.6. The maximum Gasteiger partial charge on any atom is 2.00 e. The van der Waals surface area contributed by atoms with Crippen molar-refractivity contribution in [3.63, 3.8) is 0 Å². The second-order valence-electron chi connectivity index (χ2n) is 15.7. The van der Waals surface area contributed by atoms with Crippen molar-refractivity contribution in [3.05, 3.63) is 68.6 Å². The first kappa shape index (κ1) is 50.4. The molecule has 0 atom stereocenters. The first-order valence-electron chi connectivity index (χ1n) is 19.7. The van der Waals surface area contributed by atoms with Crippen LogP contribution in [0.5, 0.6) is 0 Å². The number of nitrogens with zero attached hydrogens (tertiary/aromatic N) is 4. The van der Waals surface area contributed by atoms with Crippen LogP contribution in [0.1, 0.15) is 140 Å². The molecule has 0 aromatic heterocycles. The molecule has 0 amide bonds. The van der Waals surface area contributed by atoms with Crippen LogP contribution in [0.2, 0.25) is 26.2 Å². The van der Waals surface area contributed by atoms with E-state index in [1.54, 1.807) is 0 Å². The smallest absolute Gasteiger partial charge is 0.672 e. The molecule has 0 bridgehead atoms. The largest absolute Gasteiger partial charge is 2.00 e. The number of hydrogen-bond acceptors (Lipinski definition) is 4. The van der Waals surface area contributed by atoms with Crippen molar-refractivity contribution in [1.82, 2.24) is 4.90 Å². The van der Waals surface area contributed by atoms with Crippen molar-refractivity contribution in [2.24, 2.45) is 4.99 Å². The molecule has 286 valence electrons. The zero-order valence-corrected chi connectivity index (χ0v) is 40.0. The van der Waals surface area contributed by atoms with Gasteiger partial charge >= 0.3 is 37.7 Å². The van der Waals surface area contributed by atoms with Gasteiger partial charge in [0, 0.05) is 26.4 Å². The number of hydrogen-bond donors (Lipinski definition) is 0. The van der Waals surface area contributed by atoms with Gasteiger partial charge in [-0.2, -0.15) is 0 Å². The van der Waals surface area contributed by atoms with E-state index in [-0.39, 0.29) is 37.7 Å². The summed E-state index contributed by atoms with van der Waals surface area (Å²) in [4.78, 5) is 7.56. The van der Waals surface area contributed by atoms with Crippen molar-refractivity contribution < 1.29 is 9.47 Å². The fraction of sp³-hybridized carbons (Fsp3) is 0.690. The van der Waals surface area contributed by atoms with Gasteiger partial charge in [0.15, 0.2) is 0 Å². The molecule has 2 saturated heterocycles. The summed E-state index contributed by atoms with van der Waals surface area (Å²) in [7, 11) is 3.17. The summed E-state index contributed by atoms with van der Waals surface area (Å²) in [5.74, 6) is 2.61. The number of aliphatic imine (C=N–C) groups is 1. The van der Waals surface area contributed by atoms with Crippen LogP contribution in [-0.4, -0.2) is 113 Å². The average molecular weight is 765 g/mol. The number of ether oxygens (including phenoxy) is 2. The molecule has 2 aliphatic heterocycles. The van der Waals surface area contributed by atoms with E-state index in [9.17, 15) is 0 Å². The zero-order valence-electron chi connectivity index (χ0n) is 35.5. The topological polar surface area (TPSA) is 62.3 Å². The number of amidine groups is 1. The van der Waals surface area contributed by atoms with Gasteiger partial charge < -0.3 is 29.3 Å². The molecule has 6 nitrogen and oxygen atoms in total. The summed E-state index contributed by atoms with van der Waals surface area (Å²) in [5, 5.41) is 5.33. The van der Waals surface area contributed by atoms with Gasteiger partial charge in [-0.15, -0.1) is 0 Å². The standard InChI is InChI=1S/C30H46N3.C4H14NSi2.2C4H8O.Ca/c1-20(2)24-14-11-15-25(21(3)4)29(24)31-28(18-13-19-33(9)10)32-30-26(22(5)6)16-12-17-27(30)23(7)8;1-6(2)5-7(3)4;2*1-2-4-5-3-1;/h11-12,14-17,20-23H,13,18-19H2,1-10H3;6-7H,1-4H3;2*1-4H2;/q2*-1;;;+2.